The van der Waals surface area contributed by atoms with Crippen LogP contribution in [0.4, 0.5) is 0 Å². The van der Waals surface area contributed by atoms with Crippen molar-refractivity contribution in [3.05, 3.63) is 10.3 Å². The van der Waals surface area contributed by atoms with Crippen LogP contribution in [0.2, 0.25) is 4.47 Å². The number of hydrogen-bond acceptors (Lipinski definition) is 5. The number of rotatable bonds is 1. The molecule has 1 aliphatic rings. The molecule has 0 aliphatic carbocycles. The van der Waals surface area contributed by atoms with Gasteiger partial charge in [-0.3, -0.25) is 0 Å². The van der Waals surface area contributed by atoms with E-state index in [0.717, 1.165) is 19.7 Å². The van der Waals surface area contributed by atoms with E-state index >= 15 is 0 Å². The summed E-state index contributed by atoms with van der Waals surface area (Å²) >= 11 is 6.90. The van der Waals surface area contributed by atoms with Gasteiger partial charge in [0.2, 0.25) is 4.47 Å². The van der Waals surface area contributed by atoms with Crippen LogP contribution in [-0.4, -0.2) is 41.0 Å². The van der Waals surface area contributed by atoms with Crippen molar-refractivity contribution in [3.8, 4) is 0 Å². The van der Waals surface area contributed by atoms with Crippen LogP contribution in [-0.2, 0) is 4.74 Å². The average Bonchev–Trinajstić information content (AvgIpc) is 2.52. The Morgan fingerprint density at radius 2 is 2.54 bits per heavy atom. The maximum Gasteiger partial charge on any atom is 0.203 e. The molecular weight excluding hydrogens is 210 g/mol. The lowest BCUT2D eigenvalue weighted by atomic mass is 10.3. The Labute approximate surface area is 85.6 Å². The van der Waals surface area contributed by atoms with Crippen LogP contribution in [0.1, 0.15) is 11.9 Å². The molecule has 0 amide bonds. The zero-order valence-corrected chi connectivity index (χ0v) is 8.81. The molecule has 4 nitrogen and oxygen atoms in total. The largest absolute Gasteiger partial charge is 0.367 e. The van der Waals surface area contributed by atoms with Crippen LogP contribution in [0.25, 0.3) is 0 Å². The Morgan fingerprint density at radius 3 is 3.15 bits per heavy atom. The average molecular weight is 220 g/mol. The van der Waals surface area contributed by atoms with Crippen molar-refractivity contribution in [1.29, 1.82) is 0 Å². The van der Waals surface area contributed by atoms with Crippen molar-refractivity contribution in [1.82, 2.24) is 14.3 Å². The van der Waals surface area contributed by atoms with Crippen LogP contribution in [0.3, 0.4) is 0 Å². The normalized spacial score (nSPS) is 24.9. The van der Waals surface area contributed by atoms with E-state index in [1.54, 1.807) is 0 Å². The lowest BCUT2D eigenvalue weighted by Crippen LogP contribution is -2.35. The maximum atomic E-state index is 5.69. The third-order valence-electron chi connectivity index (χ3n) is 1.97. The molecule has 0 spiro atoms. The molecule has 1 unspecified atom stereocenters. The third-order valence-corrected chi connectivity index (χ3v) is 2.79. The fourth-order valence-electron chi connectivity index (χ4n) is 1.28. The second-order valence-corrected chi connectivity index (χ2v) is 4.36. The van der Waals surface area contributed by atoms with Gasteiger partial charge in [-0.2, -0.15) is 4.37 Å². The third kappa shape index (κ3) is 2.17. The predicted octanol–water partition coefficient (Wildman–Crippen LogP) is 1.19. The van der Waals surface area contributed by atoms with Gasteiger partial charge in [-0.25, -0.2) is 4.98 Å². The first kappa shape index (κ1) is 9.33. The molecular formula is C7H10ClN3OS. The highest BCUT2D eigenvalue weighted by Crippen LogP contribution is 2.22. The number of hydrogen-bond donors (Lipinski definition) is 0. The zero-order chi connectivity index (χ0) is 9.26. The van der Waals surface area contributed by atoms with Crippen LogP contribution >= 0.6 is 23.1 Å². The molecule has 1 aromatic rings. The fraction of sp³-hybridized carbons (Fsp3) is 0.714. The van der Waals surface area contributed by atoms with Crippen molar-refractivity contribution < 1.29 is 4.74 Å². The number of ether oxygens (including phenoxy) is 1. The number of aromatic nitrogens is 2. The second kappa shape index (κ2) is 3.88. The first-order valence-corrected chi connectivity index (χ1v) is 5.20. The smallest absolute Gasteiger partial charge is 0.203 e. The van der Waals surface area contributed by atoms with Gasteiger partial charge < -0.3 is 9.64 Å². The van der Waals surface area contributed by atoms with Crippen molar-refractivity contribution in [2.24, 2.45) is 0 Å². The summed E-state index contributed by atoms with van der Waals surface area (Å²) in [4.78, 5) is 6.29. The van der Waals surface area contributed by atoms with Gasteiger partial charge in [-0.05, 0) is 30.2 Å². The highest BCUT2D eigenvalue weighted by molar-refractivity contribution is 7.10. The number of nitrogens with zero attached hydrogens (tertiary/aromatic N) is 3. The molecule has 1 aromatic heterocycles. The quantitative estimate of drug-likeness (QED) is 0.712. The molecule has 0 bridgehead atoms. The van der Waals surface area contributed by atoms with E-state index in [4.69, 9.17) is 16.3 Å². The van der Waals surface area contributed by atoms with E-state index < -0.39 is 0 Å². The molecule has 2 heterocycles. The Bertz CT molecular complexity index is 293. The van der Waals surface area contributed by atoms with Gasteiger partial charge in [-0.1, -0.05) is 0 Å². The number of halogens is 1. The minimum absolute atomic E-state index is 0.0116. The molecule has 1 atom stereocenters. The summed E-state index contributed by atoms with van der Waals surface area (Å²) in [7, 11) is 2.06. The second-order valence-electron chi connectivity index (χ2n) is 3.03. The van der Waals surface area contributed by atoms with E-state index in [9.17, 15) is 0 Å². The van der Waals surface area contributed by atoms with Crippen LogP contribution in [0, 0.1) is 0 Å². The van der Waals surface area contributed by atoms with Crippen molar-refractivity contribution in [2.75, 3.05) is 26.7 Å². The van der Waals surface area contributed by atoms with Crippen LogP contribution < -0.4 is 0 Å². The first-order valence-electron chi connectivity index (χ1n) is 4.05. The van der Waals surface area contributed by atoms with Crippen LogP contribution in [0.15, 0.2) is 0 Å². The molecule has 1 aliphatic heterocycles. The summed E-state index contributed by atoms with van der Waals surface area (Å²) in [5, 5.41) is 0. The van der Waals surface area contributed by atoms with Gasteiger partial charge in [0.1, 0.15) is 6.10 Å². The van der Waals surface area contributed by atoms with Gasteiger partial charge in [0.25, 0.3) is 0 Å². The maximum absolute atomic E-state index is 5.69. The highest BCUT2D eigenvalue weighted by Gasteiger charge is 2.22. The lowest BCUT2D eigenvalue weighted by molar-refractivity contribution is -0.0248. The topological polar surface area (TPSA) is 38.2 Å². The highest BCUT2D eigenvalue weighted by atomic mass is 35.5. The van der Waals surface area contributed by atoms with Crippen LogP contribution in [0.5, 0.6) is 0 Å². The lowest BCUT2D eigenvalue weighted by Gasteiger charge is -2.28. The zero-order valence-electron chi connectivity index (χ0n) is 7.23. The van der Waals surface area contributed by atoms with E-state index in [1.807, 2.05) is 0 Å². The molecule has 0 N–H and O–H groups in total. The van der Waals surface area contributed by atoms with Crippen molar-refractivity contribution in [2.45, 2.75) is 6.10 Å². The monoisotopic (exact) mass is 219 g/mol. The standard InChI is InChI=1S/C7H10ClN3OS/c1-11-2-3-12-5(4-11)6-9-7(8)13-10-6/h5H,2-4H2,1H3. The van der Waals surface area contributed by atoms with E-state index in [1.165, 1.54) is 11.5 Å². The molecule has 6 heteroatoms. The Hall–Kier alpha value is -0.230. The summed E-state index contributed by atoms with van der Waals surface area (Å²) in [6.45, 7) is 2.54. The molecule has 0 saturated carbocycles. The summed E-state index contributed by atoms with van der Waals surface area (Å²) in [5.41, 5.74) is 0. The molecule has 2 rings (SSSR count). The fourth-order valence-corrected chi connectivity index (χ4v) is 1.93. The summed E-state index contributed by atoms with van der Waals surface area (Å²) in [6, 6.07) is 0. The van der Waals surface area contributed by atoms with Gasteiger partial charge in [0, 0.05) is 13.1 Å². The van der Waals surface area contributed by atoms with E-state index in [0.29, 0.717) is 10.3 Å². The van der Waals surface area contributed by atoms with Crippen molar-refractivity contribution >= 4 is 23.1 Å². The van der Waals surface area contributed by atoms with Gasteiger partial charge in [-0.15, -0.1) is 0 Å². The summed E-state index contributed by atoms with van der Waals surface area (Å²) < 4.78 is 10.1. The molecule has 13 heavy (non-hydrogen) atoms. The molecule has 0 aromatic carbocycles. The Kier molecular flexibility index (Phi) is 2.78. The molecule has 1 saturated heterocycles. The molecule has 1 fully saturated rings. The number of likely N-dealkylation sites (N-methyl/N-ethyl adjacent to an activating group) is 1. The molecule has 0 radical (unpaired) electrons. The Morgan fingerprint density at radius 1 is 1.69 bits per heavy atom. The van der Waals surface area contributed by atoms with E-state index in [2.05, 4.69) is 21.3 Å². The first-order chi connectivity index (χ1) is 6.25. The Balaban J connectivity index is 2.08. The SMILES string of the molecule is CN1CCOC(c2nsc(Cl)n2)C1. The van der Waals surface area contributed by atoms with Crippen molar-refractivity contribution in [3.63, 3.8) is 0 Å². The van der Waals surface area contributed by atoms with Gasteiger partial charge in [0.05, 0.1) is 6.61 Å². The van der Waals surface area contributed by atoms with E-state index in [-0.39, 0.29) is 6.10 Å². The van der Waals surface area contributed by atoms with Gasteiger partial charge >= 0.3 is 0 Å². The minimum Gasteiger partial charge on any atom is -0.367 e. The number of morpholine rings is 1. The summed E-state index contributed by atoms with van der Waals surface area (Å²) in [6.07, 6.45) is -0.0116. The minimum atomic E-state index is -0.0116. The summed E-state index contributed by atoms with van der Waals surface area (Å²) in [5.74, 6) is 0.710. The predicted molar refractivity (Wildman–Crippen MR) is 51.1 cm³/mol. The van der Waals surface area contributed by atoms with Gasteiger partial charge in [0.15, 0.2) is 5.82 Å². The molecule has 72 valence electrons.